The zero-order chi connectivity index (χ0) is 12.4. The third-order valence-electron chi connectivity index (χ3n) is 3.10. The third kappa shape index (κ3) is 2.26. The summed E-state index contributed by atoms with van der Waals surface area (Å²) in [6, 6.07) is 5.78. The van der Waals surface area contributed by atoms with Gasteiger partial charge in [0.2, 0.25) is 12.7 Å². The Bertz CT molecular complexity index is 454. The van der Waals surface area contributed by atoms with Crippen molar-refractivity contribution in [2.75, 3.05) is 19.9 Å². The minimum atomic E-state index is 0.0465. The monoisotopic (exact) mass is 249 g/mol. The van der Waals surface area contributed by atoms with Gasteiger partial charge in [-0.25, -0.2) is 5.06 Å². The largest absolute Gasteiger partial charge is 0.454 e. The highest BCUT2D eigenvalue weighted by atomic mass is 16.7. The fourth-order valence-corrected chi connectivity index (χ4v) is 2.12. The van der Waals surface area contributed by atoms with Crippen molar-refractivity contribution in [2.45, 2.75) is 19.3 Å². The van der Waals surface area contributed by atoms with Crippen molar-refractivity contribution in [3.63, 3.8) is 0 Å². The maximum Gasteiger partial charge on any atom is 0.246 e. The van der Waals surface area contributed by atoms with Gasteiger partial charge in [-0.05, 0) is 30.5 Å². The molecule has 0 aromatic heterocycles. The molecule has 0 spiro atoms. The molecule has 2 aliphatic rings. The molecule has 1 saturated heterocycles. The first kappa shape index (κ1) is 11.3. The van der Waals surface area contributed by atoms with Crippen LogP contribution in [0.4, 0.5) is 0 Å². The molecule has 1 amide bonds. The summed E-state index contributed by atoms with van der Waals surface area (Å²) in [4.78, 5) is 17.0. The zero-order valence-corrected chi connectivity index (χ0v) is 10.1. The molecule has 0 bridgehead atoms. The van der Waals surface area contributed by atoms with Crippen LogP contribution in [0, 0.1) is 0 Å². The summed E-state index contributed by atoms with van der Waals surface area (Å²) in [5, 5.41) is 1.47. The summed E-state index contributed by atoms with van der Waals surface area (Å²) in [7, 11) is 0. The summed E-state index contributed by atoms with van der Waals surface area (Å²) in [6.45, 7) is 1.63. The number of fused-ring (bicyclic) bond motifs is 1. The number of carbonyl (C=O) groups is 1. The van der Waals surface area contributed by atoms with Gasteiger partial charge in [-0.15, -0.1) is 0 Å². The Kier molecular flexibility index (Phi) is 3.06. The Labute approximate surface area is 105 Å². The number of ether oxygens (including phenoxy) is 2. The first-order chi connectivity index (χ1) is 8.83. The summed E-state index contributed by atoms with van der Waals surface area (Å²) in [5.41, 5.74) is 1.08. The number of nitrogens with zero attached hydrogens (tertiary/aromatic N) is 1. The van der Waals surface area contributed by atoms with Gasteiger partial charge in [0, 0.05) is 6.42 Å². The summed E-state index contributed by atoms with van der Waals surface area (Å²) in [5.74, 6) is 1.58. The summed E-state index contributed by atoms with van der Waals surface area (Å²) >= 11 is 0. The van der Waals surface area contributed by atoms with Crippen molar-refractivity contribution in [3.05, 3.63) is 23.8 Å². The maximum absolute atomic E-state index is 11.8. The van der Waals surface area contributed by atoms with Gasteiger partial charge >= 0.3 is 0 Å². The van der Waals surface area contributed by atoms with Crippen LogP contribution in [0.2, 0.25) is 0 Å². The van der Waals surface area contributed by atoms with Crippen molar-refractivity contribution in [1.29, 1.82) is 0 Å². The van der Waals surface area contributed by atoms with Crippen LogP contribution in [0.1, 0.15) is 18.4 Å². The van der Waals surface area contributed by atoms with Crippen LogP contribution < -0.4 is 9.47 Å². The predicted octanol–water partition coefficient (Wildman–Crippen LogP) is 1.51. The van der Waals surface area contributed by atoms with Gasteiger partial charge in [0.1, 0.15) is 0 Å². The zero-order valence-electron chi connectivity index (χ0n) is 10.1. The fourth-order valence-electron chi connectivity index (χ4n) is 2.12. The SMILES string of the molecule is O=C(CCc1ccc2c(c1)OCO2)N1CCCO1. The van der Waals surface area contributed by atoms with Gasteiger partial charge in [-0.3, -0.25) is 9.63 Å². The lowest BCUT2D eigenvalue weighted by molar-refractivity contribution is -0.168. The number of amides is 1. The van der Waals surface area contributed by atoms with E-state index in [4.69, 9.17) is 14.3 Å². The first-order valence-electron chi connectivity index (χ1n) is 6.15. The van der Waals surface area contributed by atoms with Gasteiger partial charge in [-0.1, -0.05) is 6.07 Å². The summed E-state index contributed by atoms with van der Waals surface area (Å²) in [6.07, 6.45) is 2.07. The molecule has 2 heterocycles. The molecule has 1 aromatic rings. The van der Waals surface area contributed by atoms with E-state index >= 15 is 0 Å². The molecular weight excluding hydrogens is 234 g/mol. The van der Waals surface area contributed by atoms with Crippen molar-refractivity contribution >= 4 is 5.91 Å². The van der Waals surface area contributed by atoms with Crippen LogP contribution in [-0.4, -0.2) is 30.9 Å². The lowest BCUT2D eigenvalue weighted by Gasteiger charge is -2.13. The lowest BCUT2D eigenvalue weighted by Crippen LogP contribution is -2.26. The molecule has 0 N–H and O–H groups in total. The van der Waals surface area contributed by atoms with Gasteiger partial charge in [0.25, 0.3) is 0 Å². The van der Waals surface area contributed by atoms with E-state index in [-0.39, 0.29) is 12.7 Å². The molecule has 3 rings (SSSR count). The number of rotatable bonds is 3. The van der Waals surface area contributed by atoms with Gasteiger partial charge < -0.3 is 9.47 Å². The van der Waals surface area contributed by atoms with E-state index in [1.165, 1.54) is 5.06 Å². The van der Waals surface area contributed by atoms with Crippen molar-refractivity contribution < 1.29 is 19.1 Å². The third-order valence-corrected chi connectivity index (χ3v) is 3.10. The molecule has 18 heavy (non-hydrogen) atoms. The van der Waals surface area contributed by atoms with Crippen molar-refractivity contribution in [3.8, 4) is 11.5 Å². The number of carbonyl (C=O) groups excluding carboxylic acids is 1. The number of hydroxylamine groups is 2. The fraction of sp³-hybridized carbons (Fsp3) is 0.462. The van der Waals surface area contributed by atoms with Gasteiger partial charge in [-0.2, -0.15) is 0 Å². The second kappa shape index (κ2) is 4.86. The molecule has 5 heteroatoms. The highest BCUT2D eigenvalue weighted by Gasteiger charge is 2.19. The van der Waals surface area contributed by atoms with E-state index in [0.29, 0.717) is 26.0 Å². The molecule has 0 unspecified atom stereocenters. The minimum absolute atomic E-state index is 0.0465. The van der Waals surface area contributed by atoms with Crippen molar-refractivity contribution in [1.82, 2.24) is 5.06 Å². The van der Waals surface area contributed by atoms with Crippen LogP contribution in [-0.2, 0) is 16.1 Å². The van der Waals surface area contributed by atoms with Crippen LogP contribution in [0.25, 0.3) is 0 Å². The van der Waals surface area contributed by atoms with E-state index in [9.17, 15) is 4.79 Å². The average molecular weight is 249 g/mol. The molecule has 0 aliphatic carbocycles. The Balaban J connectivity index is 1.58. The molecule has 1 fully saturated rings. The van der Waals surface area contributed by atoms with Crippen LogP contribution >= 0.6 is 0 Å². The smallest absolute Gasteiger partial charge is 0.246 e. The second-order valence-electron chi connectivity index (χ2n) is 4.37. The molecule has 96 valence electrons. The van der Waals surface area contributed by atoms with E-state index in [1.54, 1.807) is 0 Å². The Morgan fingerprint density at radius 3 is 3.00 bits per heavy atom. The molecule has 0 radical (unpaired) electrons. The highest BCUT2D eigenvalue weighted by molar-refractivity contribution is 5.75. The number of hydrogen-bond donors (Lipinski definition) is 0. The number of aryl methyl sites for hydroxylation is 1. The molecule has 1 aromatic carbocycles. The van der Waals surface area contributed by atoms with E-state index in [0.717, 1.165) is 23.5 Å². The Morgan fingerprint density at radius 2 is 2.17 bits per heavy atom. The standard InChI is InChI=1S/C13H15NO4/c15-13(14-6-1-7-18-14)5-3-10-2-4-11-12(8-10)17-9-16-11/h2,4,8H,1,3,5-7,9H2. The predicted molar refractivity (Wildman–Crippen MR) is 63.2 cm³/mol. The van der Waals surface area contributed by atoms with Gasteiger partial charge in [0.15, 0.2) is 11.5 Å². The first-order valence-corrected chi connectivity index (χ1v) is 6.15. The molecule has 0 atom stereocenters. The van der Waals surface area contributed by atoms with E-state index < -0.39 is 0 Å². The van der Waals surface area contributed by atoms with E-state index in [2.05, 4.69) is 0 Å². The summed E-state index contributed by atoms with van der Waals surface area (Å²) < 4.78 is 10.5. The number of hydrogen-bond acceptors (Lipinski definition) is 4. The Hall–Kier alpha value is -1.75. The van der Waals surface area contributed by atoms with Crippen molar-refractivity contribution in [2.24, 2.45) is 0 Å². The molecular formula is C13H15NO4. The molecule has 0 saturated carbocycles. The van der Waals surface area contributed by atoms with Crippen LogP contribution in [0.3, 0.4) is 0 Å². The topological polar surface area (TPSA) is 48.0 Å². The second-order valence-corrected chi connectivity index (χ2v) is 4.37. The quantitative estimate of drug-likeness (QED) is 0.814. The van der Waals surface area contributed by atoms with E-state index in [1.807, 2.05) is 18.2 Å². The average Bonchev–Trinajstić information content (AvgIpc) is 3.05. The highest BCUT2D eigenvalue weighted by Crippen LogP contribution is 2.32. The van der Waals surface area contributed by atoms with Crippen LogP contribution in [0.15, 0.2) is 18.2 Å². The minimum Gasteiger partial charge on any atom is -0.454 e. The molecule has 2 aliphatic heterocycles. The Morgan fingerprint density at radius 1 is 1.28 bits per heavy atom. The molecule has 5 nitrogen and oxygen atoms in total. The lowest BCUT2D eigenvalue weighted by atomic mass is 10.1. The number of benzene rings is 1. The van der Waals surface area contributed by atoms with Crippen LogP contribution in [0.5, 0.6) is 11.5 Å². The van der Waals surface area contributed by atoms with Gasteiger partial charge in [0.05, 0.1) is 13.2 Å². The maximum atomic E-state index is 11.8. The normalized spacial score (nSPS) is 17.2.